The monoisotopic (exact) mass is 600 g/mol. The molecule has 0 N–H and O–H groups in total. The topological polar surface area (TPSA) is 0 Å². The Morgan fingerprint density at radius 1 is 0.436 bits per heavy atom. The maximum atomic E-state index is 3.25. The Labute approximate surface area is 250 Å². The molecule has 0 aromatic heterocycles. The van der Waals surface area contributed by atoms with Crippen molar-refractivity contribution in [2.75, 3.05) is 12.3 Å². The third kappa shape index (κ3) is 7.13. The summed E-state index contributed by atoms with van der Waals surface area (Å²) in [6.45, 7) is 5.00. The fraction of sp³-hybridized carbons (Fsp3) is 0.306. The van der Waals surface area contributed by atoms with Crippen molar-refractivity contribution in [1.82, 2.24) is 0 Å². The van der Waals surface area contributed by atoms with Crippen LogP contribution in [-0.2, 0) is 17.1 Å². The van der Waals surface area contributed by atoms with Crippen molar-refractivity contribution in [1.29, 1.82) is 0 Å². The average molecular weight is 601 g/mol. The summed E-state index contributed by atoms with van der Waals surface area (Å²) in [6, 6.07) is 46.0. The zero-order valence-corrected chi connectivity index (χ0v) is 26.0. The Bertz CT molecular complexity index is 1020. The standard InChI is InChI=1S/C34H36P2.C2H5.Cu/c1-5-13-27(14-6-1)31-21-22-32(28-15-7-2-8-16-28)35(31)25-26-36-33(29-17-9-3-10-18-29)23-24-34(36)30-19-11-4-12-20-30;1-2;/h1-20,31-34H,21-26H2;1H2,2H3;/q;-1;+1/p+2/t31-,32-,33-,34-;;/m1../s1. The summed E-state index contributed by atoms with van der Waals surface area (Å²) < 4.78 is 0. The molecule has 2 saturated heterocycles. The minimum Gasteiger partial charge on any atom is -0.346 e. The van der Waals surface area contributed by atoms with Crippen molar-refractivity contribution in [3.8, 4) is 0 Å². The molecule has 2 fully saturated rings. The van der Waals surface area contributed by atoms with Crippen molar-refractivity contribution < 1.29 is 17.1 Å². The summed E-state index contributed by atoms with van der Waals surface area (Å²) in [4.78, 5) is 0. The second-order valence-corrected chi connectivity index (χ2v) is 16.7. The third-order valence-electron chi connectivity index (χ3n) is 8.79. The second-order valence-electron chi connectivity index (χ2n) is 10.7. The zero-order chi connectivity index (χ0) is 26.2. The predicted octanol–water partition coefficient (Wildman–Crippen LogP) is 10.8. The van der Waals surface area contributed by atoms with E-state index in [0.29, 0.717) is 0 Å². The second kappa shape index (κ2) is 15.3. The van der Waals surface area contributed by atoms with Gasteiger partial charge < -0.3 is 6.92 Å². The van der Waals surface area contributed by atoms with Crippen LogP contribution in [-0.4, -0.2) is 12.3 Å². The van der Waals surface area contributed by atoms with Crippen LogP contribution in [0.25, 0.3) is 0 Å². The first kappa shape index (κ1) is 30.2. The van der Waals surface area contributed by atoms with Gasteiger partial charge in [-0.3, -0.25) is 0 Å². The summed E-state index contributed by atoms with van der Waals surface area (Å²) >= 11 is 0. The molecule has 2 aliphatic rings. The van der Waals surface area contributed by atoms with Gasteiger partial charge in [0.15, 0.2) is 0 Å². The quantitative estimate of drug-likeness (QED) is 0.112. The van der Waals surface area contributed by atoms with E-state index < -0.39 is 15.8 Å². The summed E-state index contributed by atoms with van der Waals surface area (Å²) in [5.41, 5.74) is 9.57. The van der Waals surface area contributed by atoms with Crippen LogP contribution in [0, 0.1) is 6.92 Å². The van der Waals surface area contributed by atoms with Gasteiger partial charge in [0.1, 0.15) is 0 Å². The Balaban J connectivity index is 0.00000115. The van der Waals surface area contributed by atoms with Gasteiger partial charge >= 0.3 is 17.1 Å². The smallest absolute Gasteiger partial charge is 0.346 e. The Hall–Kier alpha value is -1.74. The predicted molar refractivity (Wildman–Crippen MR) is 173 cm³/mol. The minimum atomic E-state index is -0.564. The Morgan fingerprint density at radius 2 is 0.641 bits per heavy atom. The van der Waals surface area contributed by atoms with Gasteiger partial charge in [-0.1, -0.05) is 121 Å². The maximum Gasteiger partial charge on any atom is 1.00 e. The molecule has 0 bridgehead atoms. The van der Waals surface area contributed by atoms with Crippen molar-refractivity contribution in [3.63, 3.8) is 0 Å². The SMILES string of the molecule is [CH2-]C.[Cu+].c1ccc([C@H]2CC[C@H](c3ccccc3)[PH+]2CC[PH+]2[C@@H](c3ccccc3)CC[C@@H]2c2ccccc2)cc1. The van der Waals surface area contributed by atoms with Crippen molar-refractivity contribution >= 4 is 15.8 Å². The number of hydrogen-bond acceptors (Lipinski definition) is 0. The fourth-order valence-corrected chi connectivity index (χ4v) is 16.5. The molecule has 2 heterocycles. The van der Waals surface area contributed by atoms with Gasteiger partial charge in [-0.05, 0) is 47.9 Å². The van der Waals surface area contributed by atoms with Crippen LogP contribution in [0.1, 0.15) is 77.5 Å². The molecule has 0 spiro atoms. The molecule has 4 aromatic carbocycles. The van der Waals surface area contributed by atoms with Gasteiger partial charge in [0.2, 0.25) is 0 Å². The molecule has 6 rings (SSSR count). The average Bonchev–Trinajstić information content (AvgIpc) is 3.63. The maximum absolute atomic E-state index is 3.25. The molecular weight excluding hydrogens is 558 g/mol. The van der Waals surface area contributed by atoms with Crippen LogP contribution in [0.2, 0.25) is 0 Å². The Kier molecular flexibility index (Phi) is 11.9. The van der Waals surface area contributed by atoms with E-state index in [4.69, 9.17) is 0 Å². The molecule has 0 unspecified atom stereocenters. The van der Waals surface area contributed by atoms with E-state index >= 15 is 0 Å². The summed E-state index contributed by atoms with van der Waals surface area (Å²) in [6.07, 6.45) is 8.39. The molecule has 206 valence electrons. The van der Waals surface area contributed by atoms with Crippen molar-refractivity contribution in [2.24, 2.45) is 0 Å². The summed E-state index contributed by atoms with van der Waals surface area (Å²) in [5.74, 6) is 0. The molecular formula is C36H43CuP2+2. The Morgan fingerprint density at radius 3 is 0.846 bits per heavy atom. The van der Waals surface area contributed by atoms with E-state index in [-0.39, 0.29) is 17.1 Å². The minimum absolute atomic E-state index is 0. The van der Waals surface area contributed by atoms with E-state index in [1.807, 2.05) is 0 Å². The number of hydrogen-bond donors (Lipinski definition) is 0. The molecule has 0 aliphatic carbocycles. The van der Waals surface area contributed by atoms with Crippen LogP contribution < -0.4 is 0 Å². The van der Waals surface area contributed by atoms with E-state index in [2.05, 4.69) is 128 Å². The fourth-order valence-electron chi connectivity index (χ4n) is 7.14. The summed E-state index contributed by atoms with van der Waals surface area (Å²) in [7, 11) is -1.13. The summed E-state index contributed by atoms with van der Waals surface area (Å²) in [5, 5.41) is 0. The van der Waals surface area contributed by atoms with E-state index in [1.165, 1.54) is 38.0 Å². The van der Waals surface area contributed by atoms with Crippen LogP contribution in [0.5, 0.6) is 0 Å². The molecule has 0 amide bonds. The van der Waals surface area contributed by atoms with Gasteiger partial charge in [0.25, 0.3) is 0 Å². The van der Waals surface area contributed by atoms with Gasteiger partial charge in [0, 0.05) is 15.8 Å². The van der Waals surface area contributed by atoms with Crippen molar-refractivity contribution in [2.45, 2.75) is 55.2 Å². The molecule has 0 nitrogen and oxygen atoms in total. The van der Waals surface area contributed by atoms with Crippen LogP contribution in [0.15, 0.2) is 121 Å². The molecule has 4 aromatic rings. The van der Waals surface area contributed by atoms with E-state index in [1.54, 1.807) is 29.2 Å². The largest absolute Gasteiger partial charge is 1.00 e. The van der Waals surface area contributed by atoms with Crippen LogP contribution in [0.4, 0.5) is 0 Å². The van der Waals surface area contributed by atoms with E-state index in [0.717, 1.165) is 22.6 Å². The van der Waals surface area contributed by atoms with Gasteiger partial charge in [-0.2, -0.15) is 6.92 Å². The molecule has 4 atom stereocenters. The third-order valence-corrected chi connectivity index (χ3v) is 17.0. The number of rotatable bonds is 7. The van der Waals surface area contributed by atoms with Crippen LogP contribution in [0.3, 0.4) is 0 Å². The van der Waals surface area contributed by atoms with Crippen LogP contribution >= 0.6 is 15.8 Å². The van der Waals surface area contributed by atoms with Gasteiger partial charge in [-0.25, -0.2) is 0 Å². The van der Waals surface area contributed by atoms with Gasteiger partial charge in [-0.15, -0.1) is 0 Å². The molecule has 0 saturated carbocycles. The first-order valence-corrected chi connectivity index (χ1v) is 18.2. The zero-order valence-electron chi connectivity index (χ0n) is 23.1. The normalized spacial score (nSPS) is 23.0. The molecule has 0 radical (unpaired) electrons. The molecule has 3 heteroatoms. The number of benzene rings is 4. The first-order chi connectivity index (χ1) is 18.9. The van der Waals surface area contributed by atoms with Crippen molar-refractivity contribution in [3.05, 3.63) is 151 Å². The first-order valence-electron chi connectivity index (χ1n) is 14.5. The molecule has 39 heavy (non-hydrogen) atoms. The van der Waals surface area contributed by atoms with Gasteiger partial charge in [0.05, 0.1) is 35.0 Å². The molecule has 2 aliphatic heterocycles. The van der Waals surface area contributed by atoms with E-state index in [9.17, 15) is 0 Å².